The predicted octanol–water partition coefficient (Wildman–Crippen LogP) is 3.30. The lowest BCUT2D eigenvalue weighted by Crippen LogP contribution is -2.14. The first kappa shape index (κ1) is 18.7. The van der Waals surface area contributed by atoms with Gasteiger partial charge in [0.05, 0.1) is 18.4 Å². The van der Waals surface area contributed by atoms with Crippen LogP contribution >= 0.6 is 11.8 Å². The number of aromatic amines is 1. The van der Waals surface area contributed by atoms with Gasteiger partial charge in [-0.3, -0.25) is 9.89 Å². The molecule has 0 aliphatic carbocycles. The van der Waals surface area contributed by atoms with E-state index in [0.29, 0.717) is 22.2 Å². The number of aryl methyl sites for hydroxylation is 1. The van der Waals surface area contributed by atoms with Gasteiger partial charge in [-0.15, -0.1) is 5.10 Å². The molecule has 0 saturated heterocycles. The third-order valence-electron chi connectivity index (χ3n) is 3.79. The molecule has 0 saturated carbocycles. The Hall–Kier alpha value is -3.13. The van der Waals surface area contributed by atoms with E-state index in [0.717, 1.165) is 11.1 Å². The summed E-state index contributed by atoms with van der Waals surface area (Å²) in [5.41, 5.74) is 3.10. The van der Waals surface area contributed by atoms with Crippen molar-refractivity contribution in [3.05, 3.63) is 59.7 Å². The Morgan fingerprint density at radius 3 is 2.59 bits per heavy atom. The molecule has 2 aromatic carbocycles. The first-order chi connectivity index (χ1) is 13.1. The zero-order valence-corrected chi connectivity index (χ0v) is 15.7. The van der Waals surface area contributed by atoms with Gasteiger partial charge in [0.15, 0.2) is 5.82 Å². The fourth-order valence-corrected chi connectivity index (χ4v) is 3.00. The number of aromatic nitrogens is 3. The van der Waals surface area contributed by atoms with Gasteiger partial charge in [-0.05, 0) is 36.8 Å². The van der Waals surface area contributed by atoms with Gasteiger partial charge >= 0.3 is 5.97 Å². The molecule has 0 atom stereocenters. The highest BCUT2D eigenvalue weighted by Gasteiger charge is 2.11. The van der Waals surface area contributed by atoms with Crippen LogP contribution in [0.3, 0.4) is 0 Å². The van der Waals surface area contributed by atoms with E-state index < -0.39 is 5.97 Å². The molecule has 1 heterocycles. The Kier molecular flexibility index (Phi) is 5.87. The van der Waals surface area contributed by atoms with Crippen molar-refractivity contribution in [2.45, 2.75) is 12.1 Å². The lowest BCUT2D eigenvalue weighted by Gasteiger charge is -2.05. The Morgan fingerprint density at radius 1 is 1.15 bits per heavy atom. The zero-order chi connectivity index (χ0) is 19.2. The second-order valence-corrected chi connectivity index (χ2v) is 6.63. The zero-order valence-electron chi connectivity index (χ0n) is 14.9. The fourth-order valence-electron chi connectivity index (χ4n) is 2.40. The van der Waals surface area contributed by atoms with Gasteiger partial charge in [-0.1, -0.05) is 36.0 Å². The maximum atomic E-state index is 12.1. The van der Waals surface area contributed by atoms with Gasteiger partial charge in [0.2, 0.25) is 11.1 Å². The molecule has 1 amide bonds. The van der Waals surface area contributed by atoms with E-state index in [2.05, 4.69) is 25.2 Å². The second kappa shape index (κ2) is 8.50. The smallest absolute Gasteiger partial charge is 0.337 e. The average molecular weight is 382 g/mol. The van der Waals surface area contributed by atoms with Crippen LogP contribution in [0.2, 0.25) is 0 Å². The summed E-state index contributed by atoms with van der Waals surface area (Å²) < 4.78 is 4.64. The molecule has 7 nitrogen and oxygen atoms in total. The van der Waals surface area contributed by atoms with Crippen LogP contribution in [0.25, 0.3) is 11.4 Å². The summed E-state index contributed by atoms with van der Waals surface area (Å²) in [7, 11) is 1.32. The molecule has 3 rings (SSSR count). The van der Waals surface area contributed by atoms with Crippen molar-refractivity contribution in [2.75, 3.05) is 18.2 Å². The molecule has 0 radical (unpaired) electrons. The molecule has 27 heavy (non-hydrogen) atoms. The number of rotatable bonds is 6. The summed E-state index contributed by atoms with van der Waals surface area (Å²) in [5.74, 6) is 0.240. The lowest BCUT2D eigenvalue weighted by atomic mass is 10.1. The fraction of sp³-hybridized carbons (Fsp3) is 0.158. The number of anilines is 1. The Balaban J connectivity index is 1.55. The van der Waals surface area contributed by atoms with Gasteiger partial charge in [-0.25, -0.2) is 9.78 Å². The number of nitrogens with one attached hydrogen (secondary N) is 2. The number of ether oxygens (including phenoxy) is 1. The average Bonchev–Trinajstić information content (AvgIpc) is 3.15. The SMILES string of the molecule is COC(=O)c1ccc(NC(=O)CSc2n[nH]c(-c3ccccc3C)n2)cc1. The van der Waals surface area contributed by atoms with Crippen molar-refractivity contribution in [1.29, 1.82) is 0 Å². The number of H-pyrrole nitrogens is 1. The Bertz CT molecular complexity index is 954. The summed E-state index contributed by atoms with van der Waals surface area (Å²) in [6.07, 6.45) is 0. The van der Waals surface area contributed by atoms with E-state index in [-0.39, 0.29) is 11.7 Å². The minimum absolute atomic E-state index is 0.170. The molecule has 0 fully saturated rings. The Morgan fingerprint density at radius 2 is 1.89 bits per heavy atom. The summed E-state index contributed by atoms with van der Waals surface area (Å²) in [5, 5.41) is 10.3. The largest absolute Gasteiger partial charge is 0.465 e. The monoisotopic (exact) mass is 382 g/mol. The van der Waals surface area contributed by atoms with Gasteiger partial charge < -0.3 is 10.1 Å². The third kappa shape index (κ3) is 4.73. The minimum Gasteiger partial charge on any atom is -0.465 e. The number of hydrogen-bond acceptors (Lipinski definition) is 6. The number of nitrogens with zero attached hydrogens (tertiary/aromatic N) is 2. The summed E-state index contributed by atoms with van der Waals surface area (Å²) in [6, 6.07) is 14.4. The van der Waals surface area contributed by atoms with Crippen LogP contribution in [0.5, 0.6) is 0 Å². The number of methoxy groups -OCH3 is 1. The topological polar surface area (TPSA) is 97.0 Å². The van der Waals surface area contributed by atoms with Crippen LogP contribution in [-0.2, 0) is 9.53 Å². The van der Waals surface area contributed by atoms with E-state index >= 15 is 0 Å². The van der Waals surface area contributed by atoms with Crippen molar-refractivity contribution in [3.8, 4) is 11.4 Å². The normalized spacial score (nSPS) is 10.4. The van der Waals surface area contributed by atoms with Crippen molar-refractivity contribution in [3.63, 3.8) is 0 Å². The van der Waals surface area contributed by atoms with E-state index in [1.54, 1.807) is 24.3 Å². The first-order valence-electron chi connectivity index (χ1n) is 8.16. The van der Waals surface area contributed by atoms with Gasteiger partial charge in [0, 0.05) is 11.3 Å². The van der Waals surface area contributed by atoms with E-state index in [1.807, 2.05) is 31.2 Å². The van der Waals surface area contributed by atoms with Crippen LogP contribution in [0.4, 0.5) is 5.69 Å². The van der Waals surface area contributed by atoms with Gasteiger partial charge in [0.1, 0.15) is 0 Å². The number of carbonyl (C=O) groups is 2. The number of esters is 1. The molecule has 0 bridgehead atoms. The lowest BCUT2D eigenvalue weighted by molar-refractivity contribution is -0.113. The molecule has 3 aromatic rings. The predicted molar refractivity (Wildman–Crippen MR) is 104 cm³/mol. The van der Waals surface area contributed by atoms with E-state index in [9.17, 15) is 9.59 Å². The molecule has 0 aliphatic heterocycles. The molecule has 2 N–H and O–H groups in total. The second-order valence-electron chi connectivity index (χ2n) is 5.69. The molecule has 1 aromatic heterocycles. The number of benzene rings is 2. The Labute approximate surface area is 160 Å². The molecule has 0 aliphatic rings. The van der Waals surface area contributed by atoms with Crippen molar-refractivity contribution in [1.82, 2.24) is 15.2 Å². The molecule has 8 heteroatoms. The summed E-state index contributed by atoms with van der Waals surface area (Å²) in [4.78, 5) is 27.9. The highest BCUT2D eigenvalue weighted by atomic mass is 32.2. The molecular formula is C19H18N4O3S. The molecule has 0 spiro atoms. The van der Waals surface area contributed by atoms with Crippen LogP contribution < -0.4 is 5.32 Å². The summed E-state index contributed by atoms with van der Waals surface area (Å²) >= 11 is 1.24. The molecular weight excluding hydrogens is 364 g/mol. The standard InChI is InChI=1S/C19H18N4O3S/c1-12-5-3-4-6-15(12)17-21-19(23-22-17)27-11-16(24)20-14-9-7-13(8-10-14)18(25)26-2/h3-10H,11H2,1-2H3,(H,20,24)(H,21,22,23). The highest BCUT2D eigenvalue weighted by Crippen LogP contribution is 2.22. The van der Waals surface area contributed by atoms with Gasteiger partial charge in [-0.2, -0.15) is 0 Å². The minimum atomic E-state index is -0.419. The van der Waals surface area contributed by atoms with E-state index in [1.165, 1.54) is 18.9 Å². The number of thioether (sulfide) groups is 1. The maximum Gasteiger partial charge on any atom is 0.337 e. The van der Waals surface area contributed by atoms with Crippen LogP contribution in [0, 0.1) is 6.92 Å². The van der Waals surface area contributed by atoms with Gasteiger partial charge in [0.25, 0.3) is 0 Å². The highest BCUT2D eigenvalue weighted by molar-refractivity contribution is 7.99. The molecule has 0 unspecified atom stereocenters. The van der Waals surface area contributed by atoms with Crippen molar-refractivity contribution >= 4 is 29.3 Å². The number of carbonyl (C=O) groups excluding carboxylic acids is 2. The van der Waals surface area contributed by atoms with Crippen LogP contribution in [-0.4, -0.2) is 39.9 Å². The van der Waals surface area contributed by atoms with E-state index in [4.69, 9.17) is 0 Å². The number of hydrogen-bond donors (Lipinski definition) is 2. The number of amides is 1. The maximum absolute atomic E-state index is 12.1. The van der Waals surface area contributed by atoms with Crippen molar-refractivity contribution in [2.24, 2.45) is 0 Å². The van der Waals surface area contributed by atoms with Crippen molar-refractivity contribution < 1.29 is 14.3 Å². The van der Waals surface area contributed by atoms with Crippen LogP contribution in [0.1, 0.15) is 15.9 Å². The third-order valence-corrected chi connectivity index (χ3v) is 4.63. The van der Waals surface area contributed by atoms with Crippen LogP contribution in [0.15, 0.2) is 53.7 Å². The molecule has 138 valence electrons. The quantitative estimate of drug-likeness (QED) is 0.501. The first-order valence-corrected chi connectivity index (χ1v) is 9.15. The summed E-state index contributed by atoms with van der Waals surface area (Å²) in [6.45, 7) is 2.00.